The molecule has 22 heteroatoms. The minimum atomic E-state index is -1.75. The molecule has 0 bridgehead atoms. The van der Waals surface area contributed by atoms with E-state index < -0.39 is 148 Å². The maximum absolute atomic E-state index is 12.1. The number of fused-ring (bicyclic) bond motifs is 7. The van der Waals surface area contributed by atoms with Crippen LogP contribution in [-0.2, 0) is 42.6 Å². The van der Waals surface area contributed by atoms with E-state index in [9.17, 15) is 66.4 Å². The van der Waals surface area contributed by atoms with Gasteiger partial charge in [0.05, 0.1) is 44.2 Å². The van der Waals surface area contributed by atoms with Crippen molar-refractivity contribution in [2.75, 3.05) is 19.8 Å². The van der Waals surface area contributed by atoms with Gasteiger partial charge in [0.15, 0.2) is 30.9 Å². The number of hydrogen-bond donors (Lipinski definition) is 13. The second-order valence-corrected chi connectivity index (χ2v) is 23.8. The Hall–Kier alpha value is -1.14. The fourth-order valence-corrected chi connectivity index (χ4v) is 14.9. The van der Waals surface area contributed by atoms with Crippen LogP contribution in [0.4, 0.5) is 0 Å². The SMILES string of the molecule is C[C@H](CC[C@]1(O)O[C@H]2C[C@@H]3[C@@H]4CC=C5C[C@H](O[C@@H]6O[C@H](CO)[C@@H](O[C@@H]7O[C@@H](C)[C@H](O)[C@@H](O)[C@H]7O)[C@H](O)[C@H]6O[C@@H]6O[C@@H](C)[C@H](O)[C@@H](O)[C@H]6O)CC[C@]5(C)[C@H]4CC[C@]3(C)[C@H]2[C@@H]1C)CO[C@@H]1O[C@H](CO)[C@@H](O)[C@H](O)[C@H]1O. The Kier molecular flexibility index (Phi) is 16.9. The van der Waals surface area contributed by atoms with Crippen LogP contribution in [0.3, 0.4) is 0 Å². The molecule has 31 atom stereocenters. The molecule has 0 aromatic carbocycles. The van der Waals surface area contributed by atoms with Gasteiger partial charge in [-0.3, -0.25) is 0 Å². The lowest BCUT2D eigenvalue weighted by Gasteiger charge is -2.58. The van der Waals surface area contributed by atoms with Gasteiger partial charge in [0.1, 0.15) is 85.5 Å². The number of aliphatic hydroxyl groups is 13. The highest BCUT2D eigenvalue weighted by atomic mass is 16.8. The quantitative estimate of drug-likeness (QED) is 0.0839. The molecular formula is C51H84O22. The Bertz CT molecular complexity index is 1900. The van der Waals surface area contributed by atoms with E-state index in [1.165, 1.54) is 19.4 Å². The van der Waals surface area contributed by atoms with Gasteiger partial charge in [-0.15, -0.1) is 0 Å². The molecule has 0 unspecified atom stereocenters. The molecule has 13 N–H and O–H groups in total. The first-order chi connectivity index (χ1) is 34.5. The van der Waals surface area contributed by atoms with Crippen LogP contribution in [0, 0.1) is 46.3 Å². The third-order valence-electron chi connectivity index (χ3n) is 19.5. The molecule has 73 heavy (non-hydrogen) atoms. The average Bonchev–Trinajstić information content (AvgIpc) is 3.80. The lowest BCUT2D eigenvalue weighted by Crippen LogP contribution is -2.66. The molecule has 420 valence electrons. The summed E-state index contributed by atoms with van der Waals surface area (Å²) in [4.78, 5) is 0. The van der Waals surface area contributed by atoms with Crippen molar-refractivity contribution >= 4 is 0 Å². The highest BCUT2D eigenvalue weighted by molar-refractivity contribution is 5.26. The van der Waals surface area contributed by atoms with Crippen molar-refractivity contribution in [1.82, 2.24) is 0 Å². The Labute approximate surface area is 426 Å². The maximum Gasteiger partial charge on any atom is 0.187 e. The topological polar surface area (TPSA) is 346 Å². The molecule has 9 aliphatic rings. The second kappa shape index (κ2) is 21.8. The Morgan fingerprint density at radius 2 is 1.23 bits per heavy atom. The van der Waals surface area contributed by atoms with Crippen molar-refractivity contribution in [3.05, 3.63) is 11.6 Å². The van der Waals surface area contributed by atoms with Crippen LogP contribution in [0.5, 0.6) is 0 Å². The van der Waals surface area contributed by atoms with Gasteiger partial charge in [0, 0.05) is 12.3 Å². The highest BCUT2D eigenvalue weighted by Crippen LogP contribution is 2.70. The Balaban J connectivity index is 0.846. The molecule has 0 spiro atoms. The summed E-state index contributed by atoms with van der Waals surface area (Å²) >= 11 is 0. The number of ether oxygens (including phenoxy) is 9. The van der Waals surface area contributed by atoms with Crippen molar-refractivity contribution in [1.29, 1.82) is 0 Å². The van der Waals surface area contributed by atoms with Crippen LogP contribution in [0.2, 0.25) is 0 Å². The average molecular weight is 1050 g/mol. The number of hydrogen-bond acceptors (Lipinski definition) is 22. The largest absolute Gasteiger partial charge is 0.394 e. The molecule has 0 amide bonds. The van der Waals surface area contributed by atoms with E-state index in [0.717, 1.165) is 32.1 Å². The van der Waals surface area contributed by atoms with Gasteiger partial charge in [-0.1, -0.05) is 39.3 Å². The van der Waals surface area contributed by atoms with E-state index in [2.05, 4.69) is 26.8 Å². The van der Waals surface area contributed by atoms with Crippen molar-refractivity contribution in [2.45, 2.75) is 240 Å². The Morgan fingerprint density at radius 1 is 0.644 bits per heavy atom. The minimum Gasteiger partial charge on any atom is -0.394 e. The summed E-state index contributed by atoms with van der Waals surface area (Å²) in [5, 5.41) is 139. The van der Waals surface area contributed by atoms with E-state index in [4.69, 9.17) is 42.6 Å². The first-order valence-electron chi connectivity index (χ1n) is 26.8. The van der Waals surface area contributed by atoms with Crippen LogP contribution in [0.1, 0.15) is 99.3 Å². The van der Waals surface area contributed by atoms with Crippen LogP contribution in [0.25, 0.3) is 0 Å². The van der Waals surface area contributed by atoms with Crippen molar-refractivity contribution in [3.8, 4) is 0 Å². The second-order valence-electron chi connectivity index (χ2n) is 23.8. The maximum atomic E-state index is 12.1. The van der Waals surface area contributed by atoms with Gasteiger partial charge in [0.25, 0.3) is 0 Å². The predicted octanol–water partition coefficient (Wildman–Crippen LogP) is -1.98. The lowest BCUT2D eigenvalue weighted by atomic mass is 9.47. The lowest BCUT2D eigenvalue weighted by molar-refractivity contribution is -0.388. The van der Waals surface area contributed by atoms with Crippen LogP contribution in [0.15, 0.2) is 11.6 Å². The summed E-state index contributed by atoms with van der Waals surface area (Å²) in [6.07, 6.45) is -20.5. The van der Waals surface area contributed by atoms with Gasteiger partial charge in [-0.25, -0.2) is 0 Å². The molecule has 0 aromatic heterocycles. The molecule has 5 heterocycles. The first kappa shape index (κ1) is 56.6. The summed E-state index contributed by atoms with van der Waals surface area (Å²) in [6.45, 7) is 10.7. The van der Waals surface area contributed by atoms with Crippen molar-refractivity contribution in [2.24, 2.45) is 46.3 Å². The molecular weight excluding hydrogens is 965 g/mol. The molecule has 0 radical (unpaired) electrons. The first-order valence-corrected chi connectivity index (χ1v) is 26.8. The summed E-state index contributed by atoms with van der Waals surface area (Å²) in [7, 11) is 0. The molecule has 3 saturated carbocycles. The standard InChI is InChI=1S/C51H84O22/c1-20(19-65-45-39(60)38(59)35(56)30(17-52)69-45)9-14-51(64)21(2)32-29(73-51)16-28-26-8-7-24-15-25(10-12-49(24,5)27(26)11-13-50(28,32)6)68-48-44(72-47-41(62)37(58)34(55)23(4)67-47)42(63)43(31(18-53)70-48)71-46-40(61)36(57)33(54)22(3)66-46/h7,20-23,25-48,52-64H,8-19H2,1-6H3/t20-,21+,22+,23+,25-,26-,27+,28-,29+,30-,31-,32+,33+,34+,35-,36-,37-,38+,39-,40-,41-,42+,43-,44-,45-,46+,47+,48-,49+,50+,51+/m1/s1. The summed E-state index contributed by atoms with van der Waals surface area (Å²) in [6, 6.07) is 0. The van der Waals surface area contributed by atoms with Gasteiger partial charge in [0.2, 0.25) is 0 Å². The summed E-state index contributed by atoms with van der Waals surface area (Å²) in [5.41, 5.74) is 1.07. The highest BCUT2D eigenvalue weighted by Gasteiger charge is 2.68. The number of allylic oxidation sites excluding steroid dienone is 1. The Morgan fingerprint density at radius 3 is 1.86 bits per heavy atom. The monoisotopic (exact) mass is 1050 g/mol. The van der Waals surface area contributed by atoms with Crippen LogP contribution < -0.4 is 0 Å². The molecule has 4 aliphatic carbocycles. The van der Waals surface area contributed by atoms with E-state index >= 15 is 0 Å². The molecule has 5 saturated heterocycles. The van der Waals surface area contributed by atoms with Gasteiger partial charge in [-0.05, 0) is 106 Å². The zero-order valence-electron chi connectivity index (χ0n) is 42.7. The minimum absolute atomic E-state index is 0.0589. The van der Waals surface area contributed by atoms with Crippen molar-refractivity contribution in [3.63, 3.8) is 0 Å². The predicted molar refractivity (Wildman–Crippen MR) is 249 cm³/mol. The third-order valence-corrected chi connectivity index (χ3v) is 19.5. The van der Waals surface area contributed by atoms with Crippen LogP contribution in [-0.4, -0.2) is 227 Å². The fourth-order valence-electron chi connectivity index (χ4n) is 14.9. The van der Waals surface area contributed by atoms with Crippen molar-refractivity contribution < 1.29 is 109 Å². The normalized spacial score (nSPS) is 55.5. The van der Waals surface area contributed by atoms with E-state index in [1.54, 1.807) is 0 Å². The molecule has 9 rings (SSSR count). The zero-order chi connectivity index (χ0) is 52.8. The van der Waals surface area contributed by atoms with E-state index in [-0.39, 0.29) is 41.3 Å². The van der Waals surface area contributed by atoms with Crippen LogP contribution >= 0.6 is 0 Å². The fraction of sp³-hybridized carbons (Fsp3) is 0.961. The molecule has 5 aliphatic heterocycles. The molecule has 22 nitrogen and oxygen atoms in total. The van der Waals surface area contributed by atoms with E-state index in [0.29, 0.717) is 43.4 Å². The summed E-state index contributed by atoms with van der Waals surface area (Å²) < 4.78 is 54.6. The molecule has 0 aromatic rings. The van der Waals surface area contributed by atoms with Gasteiger partial charge < -0.3 is 109 Å². The number of rotatable bonds is 14. The number of aliphatic hydroxyl groups excluding tert-OH is 12. The smallest absolute Gasteiger partial charge is 0.187 e. The van der Waals surface area contributed by atoms with Gasteiger partial charge >= 0.3 is 0 Å². The van der Waals surface area contributed by atoms with E-state index in [1.807, 2.05) is 6.92 Å². The zero-order valence-corrected chi connectivity index (χ0v) is 42.7. The third kappa shape index (κ3) is 10.2. The molecule has 8 fully saturated rings. The summed E-state index contributed by atoms with van der Waals surface area (Å²) in [5.74, 6) is -0.232. The van der Waals surface area contributed by atoms with Gasteiger partial charge in [-0.2, -0.15) is 0 Å².